The number of carbonyl (C=O) groups excluding carboxylic acids is 1. The van der Waals surface area contributed by atoms with Crippen LogP contribution in [0.1, 0.15) is 21.8 Å². The normalized spacial score (nSPS) is 10.4. The molecule has 1 aromatic carbocycles. The van der Waals surface area contributed by atoms with E-state index in [-0.39, 0.29) is 5.69 Å². The van der Waals surface area contributed by atoms with Gasteiger partial charge in [0.2, 0.25) is 0 Å². The summed E-state index contributed by atoms with van der Waals surface area (Å²) < 4.78 is 10.5. The fourth-order valence-corrected chi connectivity index (χ4v) is 2.40. The van der Waals surface area contributed by atoms with Crippen molar-refractivity contribution in [3.05, 3.63) is 65.0 Å². The molecule has 26 heavy (non-hydrogen) atoms. The van der Waals surface area contributed by atoms with Gasteiger partial charge in [0.15, 0.2) is 0 Å². The number of nitrogens with one attached hydrogen (secondary N) is 2. The molecule has 8 heteroatoms. The first-order chi connectivity index (χ1) is 12.6. The molecule has 2 aromatic heterocycles. The topological polar surface area (TPSA) is 89.3 Å². The van der Waals surface area contributed by atoms with Crippen LogP contribution in [0.5, 0.6) is 5.75 Å². The summed E-state index contributed by atoms with van der Waals surface area (Å²) in [7, 11) is 1.51. The molecule has 0 saturated carbocycles. The highest BCUT2D eigenvalue weighted by Crippen LogP contribution is 2.31. The van der Waals surface area contributed by atoms with Crippen LogP contribution in [0.15, 0.2) is 47.3 Å². The number of ether oxygens (including phenoxy) is 1. The predicted molar refractivity (Wildman–Crippen MR) is 98.8 cm³/mol. The Hall–Kier alpha value is -3.06. The van der Waals surface area contributed by atoms with Crippen LogP contribution < -0.4 is 15.4 Å². The molecule has 0 spiro atoms. The van der Waals surface area contributed by atoms with Gasteiger partial charge >= 0.3 is 0 Å². The molecule has 1 amide bonds. The number of aromatic nitrogens is 2. The number of hydrogen-bond acceptors (Lipinski definition) is 6. The molecule has 0 saturated heterocycles. The first-order valence-corrected chi connectivity index (χ1v) is 8.18. The van der Waals surface area contributed by atoms with E-state index in [2.05, 4.69) is 20.6 Å². The van der Waals surface area contributed by atoms with Gasteiger partial charge in [0, 0.05) is 11.1 Å². The number of carbonyl (C=O) groups is 1. The van der Waals surface area contributed by atoms with E-state index < -0.39 is 5.91 Å². The Labute approximate surface area is 155 Å². The van der Waals surface area contributed by atoms with Crippen LogP contribution >= 0.6 is 11.6 Å². The van der Waals surface area contributed by atoms with Crippen molar-refractivity contribution in [1.29, 1.82) is 0 Å². The first kappa shape index (κ1) is 17.8. The number of benzene rings is 1. The van der Waals surface area contributed by atoms with Crippen LogP contribution in [0.4, 0.5) is 11.5 Å². The number of aryl methyl sites for hydroxylation is 1. The molecule has 0 bridgehead atoms. The minimum absolute atomic E-state index is 0.184. The average molecular weight is 373 g/mol. The van der Waals surface area contributed by atoms with Gasteiger partial charge in [-0.05, 0) is 30.7 Å². The van der Waals surface area contributed by atoms with E-state index in [1.54, 1.807) is 18.4 Å². The number of halogens is 1. The van der Waals surface area contributed by atoms with E-state index in [0.29, 0.717) is 28.8 Å². The van der Waals surface area contributed by atoms with E-state index in [4.69, 9.17) is 20.8 Å². The zero-order valence-corrected chi connectivity index (χ0v) is 15.0. The standard InChI is InChI=1S/C18H17ClN4O3/c1-11-6-14(16(25-2)7-13(11)19)23-18(24)15-9-22-17(10-20-15)21-8-12-4-3-5-26-12/h3-7,9-10H,8H2,1-2H3,(H,21,22)(H,23,24). The van der Waals surface area contributed by atoms with Crippen molar-refractivity contribution in [2.75, 3.05) is 17.7 Å². The van der Waals surface area contributed by atoms with Gasteiger partial charge in [-0.3, -0.25) is 4.79 Å². The third-order valence-corrected chi connectivity index (χ3v) is 4.04. The van der Waals surface area contributed by atoms with Gasteiger partial charge < -0.3 is 19.8 Å². The summed E-state index contributed by atoms with van der Waals surface area (Å²) in [5.74, 6) is 1.39. The Morgan fingerprint density at radius 3 is 2.81 bits per heavy atom. The Bertz CT molecular complexity index is 896. The van der Waals surface area contributed by atoms with E-state index in [0.717, 1.165) is 11.3 Å². The molecular weight excluding hydrogens is 356 g/mol. The molecule has 0 atom stereocenters. The lowest BCUT2D eigenvalue weighted by Crippen LogP contribution is -2.15. The number of nitrogens with zero attached hydrogens (tertiary/aromatic N) is 2. The Morgan fingerprint density at radius 2 is 2.15 bits per heavy atom. The minimum Gasteiger partial charge on any atom is -0.495 e. The Kier molecular flexibility index (Phi) is 5.38. The third-order valence-electron chi connectivity index (χ3n) is 3.64. The molecule has 0 aliphatic heterocycles. The van der Waals surface area contributed by atoms with Crippen molar-refractivity contribution in [2.45, 2.75) is 13.5 Å². The number of hydrogen-bond donors (Lipinski definition) is 2. The maximum Gasteiger partial charge on any atom is 0.275 e. The SMILES string of the molecule is COc1cc(Cl)c(C)cc1NC(=O)c1cnc(NCc2ccco2)cn1. The molecule has 0 aliphatic rings. The van der Waals surface area contributed by atoms with E-state index in [1.807, 2.05) is 19.1 Å². The molecular formula is C18H17ClN4O3. The molecule has 2 heterocycles. The first-order valence-electron chi connectivity index (χ1n) is 7.80. The van der Waals surface area contributed by atoms with Crippen molar-refractivity contribution < 1.29 is 13.9 Å². The average Bonchev–Trinajstić information content (AvgIpc) is 3.17. The van der Waals surface area contributed by atoms with Gasteiger partial charge in [-0.25, -0.2) is 9.97 Å². The second-order valence-corrected chi connectivity index (χ2v) is 5.88. The monoisotopic (exact) mass is 372 g/mol. The summed E-state index contributed by atoms with van der Waals surface area (Å²) in [5.41, 5.74) is 1.52. The summed E-state index contributed by atoms with van der Waals surface area (Å²) in [6.07, 6.45) is 4.49. The van der Waals surface area contributed by atoms with Crippen LogP contribution in [0.25, 0.3) is 0 Å². The van der Waals surface area contributed by atoms with E-state index in [1.165, 1.54) is 19.5 Å². The third kappa shape index (κ3) is 4.12. The lowest BCUT2D eigenvalue weighted by atomic mass is 10.2. The molecule has 0 aliphatic carbocycles. The van der Waals surface area contributed by atoms with Crippen LogP contribution in [0.2, 0.25) is 5.02 Å². The summed E-state index contributed by atoms with van der Waals surface area (Å²) >= 11 is 6.07. The van der Waals surface area contributed by atoms with Gasteiger partial charge in [-0.2, -0.15) is 0 Å². The van der Waals surface area contributed by atoms with Crippen molar-refractivity contribution in [2.24, 2.45) is 0 Å². The highest BCUT2D eigenvalue weighted by molar-refractivity contribution is 6.31. The summed E-state index contributed by atoms with van der Waals surface area (Å²) in [5, 5.41) is 6.38. The zero-order chi connectivity index (χ0) is 18.5. The molecule has 134 valence electrons. The molecule has 0 radical (unpaired) electrons. The van der Waals surface area contributed by atoms with Gasteiger partial charge in [-0.15, -0.1) is 0 Å². The second kappa shape index (κ2) is 7.88. The minimum atomic E-state index is -0.393. The lowest BCUT2D eigenvalue weighted by Gasteiger charge is -2.12. The number of furan rings is 1. The quantitative estimate of drug-likeness (QED) is 0.682. The summed E-state index contributed by atoms with van der Waals surface area (Å²) in [6.45, 7) is 2.32. The number of rotatable bonds is 6. The highest BCUT2D eigenvalue weighted by Gasteiger charge is 2.13. The van der Waals surface area contributed by atoms with E-state index in [9.17, 15) is 4.79 Å². The maximum atomic E-state index is 12.4. The van der Waals surface area contributed by atoms with E-state index >= 15 is 0 Å². The fourth-order valence-electron chi connectivity index (χ4n) is 2.24. The van der Waals surface area contributed by atoms with Crippen molar-refractivity contribution in [3.63, 3.8) is 0 Å². The molecule has 0 fully saturated rings. The smallest absolute Gasteiger partial charge is 0.275 e. The van der Waals surface area contributed by atoms with Crippen LogP contribution in [0.3, 0.4) is 0 Å². The number of anilines is 2. The summed E-state index contributed by atoms with van der Waals surface area (Å²) in [6, 6.07) is 7.05. The summed E-state index contributed by atoms with van der Waals surface area (Å²) in [4.78, 5) is 20.7. The van der Waals surface area contributed by atoms with Gasteiger partial charge in [0.05, 0.1) is 38.0 Å². The predicted octanol–water partition coefficient (Wildman–Crippen LogP) is 3.90. The van der Waals surface area contributed by atoms with Gasteiger partial charge in [-0.1, -0.05) is 11.6 Å². The molecule has 3 rings (SSSR count). The van der Waals surface area contributed by atoms with Crippen molar-refractivity contribution in [1.82, 2.24) is 9.97 Å². The Balaban J connectivity index is 1.67. The van der Waals surface area contributed by atoms with Crippen LogP contribution in [-0.2, 0) is 6.54 Å². The Morgan fingerprint density at radius 1 is 1.31 bits per heavy atom. The number of methoxy groups -OCH3 is 1. The maximum absolute atomic E-state index is 12.4. The largest absolute Gasteiger partial charge is 0.495 e. The van der Waals surface area contributed by atoms with Crippen molar-refractivity contribution in [3.8, 4) is 5.75 Å². The molecule has 0 unspecified atom stereocenters. The second-order valence-electron chi connectivity index (χ2n) is 5.48. The molecule has 2 N–H and O–H groups in total. The number of amides is 1. The van der Waals surface area contributed by atoms with Crippen LogP contribution in [-0.4, -0.2) is 23.0 Å². The fraction of sp³-hybridized carbons (Fsp3) is 0.167. The highest BCUT2D eigenvalue weighted by atomic mass is 35.5. The molecule has 3 aromatic rings. The molecule has 7 nitrogen and oxygen atoms in total. The van der Waals surface area contributed by atoms with Crippen LogP contribution in [0, 0.1) is 6.92 Å². The van der Waals surface area contributed by atoms with Gasteiger partial charge in [0.25, 0.3) is 5.91 Å². The van der Waals surface area contributed by atoms with Gasteiger partial charge in [0.1, 0.15) is 23.0 Å². The zero-order valence-electron chi connectivity index (χ0n) is 14.2. The van der Waals surface area contributed by atoms with Crippen molar-refractivity contribution >= 4 is 29.0 Å². The lowest BCUT2D eigenvalue weighted by molar-refractivity contribution is 0.102.